The smallest absolute Gasteiger partial charge is 0.306 e. The Balaban J connectivity index is 1.57. The van der Waals surface area contributed by atoms with Crippen LogP contribution in [0, 0.1) is 11.8 Å². The zero-order valence-electron chi connectivity index (χ0n) is 12.8. The van der Waals surface area contributed by atoms with E-state index >= 15 is 0 Å². The minimum Gasteiger partial charge on any atom is -0.481 e. The van der Waals surface area contributed by atoms with Gasteiger partial charge in [-0.2, -0.15) is 0 Å². The lowest BCUT2D eigenvalue weighted by Gasteiger charge is -2.30. The third-order valence-electron chi connectivity index (χ3n) is 5.09. The monoisotopic (exact) mass is 301 g/mol. The number of carboxylic acid groups (broad SMARTS) is 1. The van der Waals surface area contributed by atoms with E-state index in [1.165, 1.54) is 11.1 Å². The fraction of sp³-hybridized carbons (Fsp3) is 0.556. The molecule has 0 radical (unpaired) electrons. The van der Waals surface area contributed by atoms with Crippen LogP contribution in [0.2, 0.25) is 0 Å². The number of benzene rings is 1. The lowest BCUT2D eigenvalue weighted by Crippen LogP contribution is -2.43. The van der Waals surface area contributed by atoms with Crippen LogP contribution in [0.4, 0.5) is 0 Å². The molecular formula is C18H23NO3. The number of carboxylic acids is 1. The highest BCUT2D eigenvalue weighted by Crippen LogP contribution is 2.30. The van der Waals surface area contributed by atoms with E-state index in [0.717, 1.165) is 32.1 Å². The number of aryl methyl sites for hydroxylation is 1. The molecule has 118 valence electrons. The van der Waals surface area contributed by atoms with Gasteiger partial charge in [0.25, 0.3) is 0 Å². The first-order chi connectivity index (χ1) is 10.6. The predicted molar refractivity (Wildman–Crippen MR) is 83.5 cm³/mol. The molecule has 1 aromatic carbocycles. The van der Waals surface area contributed by atoms with Crippen LogP contribution in [-0.2, 0) is 22.4 Å². The third-order valence-corrected chi connectivity index (χ3v) is 5.09. The van der Waals surface area contributed by atoms with E-state index < -0.39 is 5.97 Å². The van der Waals surface area contributed by atoms with Crippen LogP contribution in [0.1, 0.15) is 43.2 Å². The molecule has 2 N–H and O–H groups in total. The van der Waals surface area contributed by atoms with Gasteiger partial charge >= 0.3 is 5.97 Å². The number of carbonyl (C=O) groups excluding carboxylic acids is 1. The summed E-state index contributed by atoms with van der Waals surface area (Å²) in [6, 6.07) is 8.58. The number of hydrogen-bond acceptors (Lipinski definition) is 2. The van der Waals surface area contributed by atoms with Crippen molar-refractivity contribution in [2.75, 3.05) is 0 Å². The Morgan fingerprint density at radius 3 is 2.55 bits per heavy atom. The van der Waals surface area contributed by atoms with E-state index in [-0.39, 0.29) is 23.8 Å². The summed E-state index contributed by atoms with van der Waals surface area (Å²) < 4.78 is 0. The maximum atomic E-state index is 12.4. The molecule has 3 unspecified atom stereocenters. The highest BCUT2D eigenvalue weighted by Gasteiger charge is 2.32. The molecule has 0 spiro atoms. The zero-order valence-corrected chi connectivity index (χ0v) is 12.8. The minimum absolute atomic E-state index is 0.0512. The standard InChI is InChI=1S/C18H23NO3/c20-17(14-6-3-7-15(10-14)18(21)22)19-16-9-8-12-4-1-2-5-13(12)11-16/h1-2,4-5,14-16H,3,6-11H2,(H,19,20)(H,21,22). The maximum Gasteiger partial charge on any atom is 0.306 e. The molecule has 0 aromatic heterocycles. The summed E-state index contributed by atoms with van der Waals surface area (Å²) >= 11 is 0. The Labute approximate surface area is 130 Å². The number of amides is 1. The second-order valence-corrected chi connectivity index (χ2v) is 6.62. The molecule has 1 saturated carbocycles. The molecule has 22 heavy (non-hydrogen) atoms. The second-order valence-electron chi connectivity index (χ2n) is 6.62. The molecule has 0 bridgehead atoms. The van der Waals surface area contributed by atoms with Crippen molar-refractivity contribution in [3.63, 3.8) is 0 Å². The van der Waals surface area contributed by atoms with Crippen molar-refractivity contribution >= 4 is 11.9 Å². The van der Waals surface area contributed by atoms with E-state index in [4.69, 9.17) is 5.11 Å². The molecule has 2 aliphatic rings. The van der Waals surface area contributed by atoms with Gasteiger partial charge in [-0.25, -0.2) is 0 Å². The Bertz CT molecular complexity index is 569. The fourth-order valence-electron chi connectivity index (χ4n) is 3.79. The van der Waals surface area contributed by atoms with Gasteiger partial charge in [-0.1, -0.05) is 30.7 Å². The van der Waals surface area contributed by atoms with Crippen molar-refractivity contribution in [2.24, 2.45) is 11.8 Å². The fourth-order valence-corrected chi connectivity index (χ4v) is 3.79. The molecule has 3 rings (SSSR count). The van der Waals surface area contributed by atoms with Crippen LogP contribution in [0.25, 0.3) is 0 Å². The summed E-state index contributed by atoms with van der Waals surface area (Å²) in [6.07, 6.45) is 5.71. The maximum absolute atomic E-state index is 12.4. The van der Waals surface area contributed by atoms with Crippen molar-refractivity contribution in [3.05, 3.63) is 35.4 Å². The number of nitrogens with one attached hydrogen (secondary N) is 1. The van der Waals surface area contributed by atoms with Gasteiger partial charge in [0.1, 0.15) is 0 Å². The van der Waals surface area contributed by atoms with Crippen LogP contribution < -0.4 is 5.32 Å². The molecule has 1 amide bonds. The summed E-state index contributed by atoms with van der Waals surface area (Å²) in [4.78, 5) is 23.6. The van der Waals surface area contributed by atoms with Crippen LogP contribution in [0.3, 0.4) is 0 Å². The molecule has 0 heterocycles. The number of aliphatic carboxylic acids is 1. The number of rotatable bonds is 3. The van der Waals surface area contributed by atoms with Crippen molar-refractivity contribution < 1.29 is 14.7 Å². The van der Waals surface area contributed by atoms with Gasteiger partial charge < -0.3 is 10.4 Å². The van der Waals surface area contributed by atoms with Crippen LogP contribution in [0.15, 0.2) is 24.3 Å². The molecule has 1 fully saturated rings. The number of hydrogen-bond donors (Lipinski definition) is 2. The van der Waals surface area contributed by atoms with Crippen molar-refractivity contribution in [1.82, 2.24) is 5.32 Å². The Kier molecular flexibility index (Phi) is 4.46. The van der Waals surface area contributed by atoms with Gasteiger partial charge in [0, 0.05) is 12.0 Å². The number of fused-ring (bicyclic) bond motifs is 1. The summed E-state index contributed by atoms with van der Waals surface area (Å²) in [7, 11) is 0. The summed E-state index contributed by atoms with van der Waals surface area (Å²) in [5.74, 6) is -1.19. The molecule has 2 aliphatic carbocycles. The van der Waals surface area contributed by atoms with Gasteiger partial charge in [0.15, 0.2) is 0 Å². The Morgan fingerprint density at radius 2 is 1.77 bits per heavy atom. The Morgan fingerprint density at radius 1 is 1.05 bits per heavy atom. The molecule has 1 aromatic rings. The normalized spacial score (nSPS) is 27.7. The zero-order chi connectivity index (χ0) is 15.5. The predicted octanol–water partition coefficient (Wildman–Crippen LogP) is 2.55. The van der Waals surface area contributed by atoms with E-state index in [1.807, 2.05) is 6.07 Å². The lowest BCUT2D eigenvalue weighted by atomic mass is 9.80. The topological polar surface area (TPSA) is 66.4 Å². The minimum atomic E-state index is -0.760. The van der Waals surface area contributed by atoms with E-state index in [0.29, 0.717) is 12.8 Å². The van der Waals surface area contributed by atoms with Crippen LogP contribution in [0.5, 0.6) is 0 Å². The summed E-state index contributed by atoms with van der Waals surface area (Å²) in [6.45, 7) is 0. The largest absolute Gasteiger partial charge is 0.481 e. The number of carbonyl (C=O) groups is 2. The first kappa shape index (κ1) is 15.1. The van der Waals surface area contributed by atoms with Crippen LogP contribution in [-0.4, -0.2) is 23.0 Å². The van der Waals surface area contributed by atoms with E-state index in [9.17, 15) is 9.59 Å². The van der Waals surface area contributed by atoms with Gasteiger partial charge in [-0.05, 0) is 49.7 Å². The Hall–Kier alpha value is -1.84. The molecular weight excluding hydrogens is 278 g/mol. The highest BCUT2D eigenvalue weighted by molar-refractivity contribution is 5.80. The average Bonchev–Trinajstić information content (AvgIpc) is 2.55. The van der Waals surface area contributed by atoms with Gasteiger partial charge in [-0.3, -0.25) is 9.59 Å². The second kappa shape index (κ2) is 6.51. The van der Waals surface area contributed by atoms with Gasteiger partial charge in [-0.15, -0.1) is 0 Å². The molecule has 0 saturated heterocycles. The van der Waals surface area contributed by atoms with E-state index in [2.05, 4.69) is 23.5 Å². The van der Waals surface area contributed by atoms with Crippen molar-refractivity contribution in [2.45, 2.75) is 51.0 Å². The summed E-state index contributed by atoms with van der Waals surface area (Å²) in [5, 5.41) is 12.3. The molecule has 0 aliphatic heterocycles. The van der Waals surface area contributed by atoms with Crippen molar-refractivity contribution in [1.29, 1.82) is 0 Å². The van der Waals surface area contributed by atoms with Gasteiger partial charge in [0.2, 0.25) is 5.91 Å². The first-order valence-corrected chi connectivity index (χ1v) is 8.23. The van der Waals surface area contributed by atoms with E-state index in [1.54, 1.807) is 0 Å². The van der Waals surface area contributed by atoms with Crippen LogP contribution >= 0.6 is 0 Å². The van der Waals surface area contributed by atoms with Gasteiger partial charge in [0.05, 0.1) is 5.92 Å². The molecule has 4 nitrogen and oxygen atoms in total. The third kappa shape index (κ3) is 3.32. The van der Waals surface area contributed by atoms with Crippen molar-refractivity contribution in [3.8, 4) is 0 Å². The average molecular weight is 301 g/mol. The quantitative estimate of drug-likeness (QED) is 0.901. The SMILES string of the molecule is O=C(O)C1CCCC(C(=O)NC2CCc3ccccc3C2)C1. The highest BCUT2D eigenvalue weighted by atomic mass is 16.4. The molecule has 4 heteroatoms. The lowest BCUT2D eigenvalue weighted by molar-refractivity contribution is -0.144. The first-order valence-electron chi connectivity index (χ1n) is 8.23. The summed E-state index contributed by atoms with van der Waals surface area (Å²) in [5.41, 5.74) is 2.71. The molecule has 3 atom stereocenters.